The van der Waals surface area contributed by atoms with E-state index >= 15 is 0 Å². The zero-order valence-corrected chi connectivity index (χ0v) is 11.3. The summed E-state index contributed by atoms with van der Waals surface area (Å²) in [6.07, 6.45) is 4.33. The molecule has 0 heterocycles. The average molecular weight is 275 g/mol. The van der Waals surface area contributed by atoms with Gasteiger partial charge in [-0.1, -0.05) is 13.3 Å². The third-order valence-corrected chi connectivity index (χ3v) is 3.53. The number of carbonyl (C=O) groups is 1. The normalized spacial score (nSPS) is 20.6. The Hall–Kier alpha value is -2.24. The monoisotopic (exact) mass is 275 g/mol. The molecule has 0 bridgehead atoms. The molecule has 2 rings (SSSR count). The number of carbonyl (C=O) groups excluding carboxylic acids is 1. The van der Waals surface area contributed by atoms with Crippen molar-refractivity contribution in [2.45, 2.75) is 32.6 Å². The summed E-state index contributed by atoms with van der Waals surface area (Å²) in [6.45, 7) is 2.11. The Labute approximate surface area is 117 Å². The van der Waals surface area contributed by atoms with Crippen molar-refractivity contribution in [1.82, 2.24) is 5.43 Å². The van der Waals surface area contributed by atoms with Crippen LogP contribution in [-0.4, -0.2) is 16.5 Å². The third-order valence-electron chi connectivity index (χ3n) is 3.53. The largest absolute Gasteiger partial charge is 0.271 e. The van der Waals surface area contributed by atoms with Crippen LogP contribution in [-0.2, 0) is 0 Å². The molecule has 1 amide bonds. The standard InChI is InChI=1S/C14H17N3O3/c1-10-4-2-3-5-13(10)15-16-14(18)11-6-8-12(9-7-11)17(19)20/h6-10H,2-5H2,1H3,(H,16,18). The number of nitrogens with zero attached hydrogens (tertiary/aromatic N) is 2. The molecule has 1 unspecified atom stereocenters. The molecule has 1 aliphatic carbocycles. The lowest BCUT2D eigenvalue weighted by Crippen LogP contribution is -2.24. The van der Waals surface area contributed by atoms with Gasteiger partial charge in [-0.15, -0.1) is 0 Å². The van der Waals surface area contributed by atoms with Crippen molar-refractivity contribution in [3.05, 3.63) is 39.9 Å². The molecule has 1 atom stereocenters. The Morgan fingerprint density at radius 2 is 2.05 bits per heavy atom. The van der Waals surface area contributed by atoms with E-state index in [1.54, 1.807) is 0 Å². The maximum absolute atomic E-state index is 11.9. The lowest BCUT2D eigenvalue weighted by atomic mass is 9.89. The van der Waals surface area contributed by atoms with E-state index in [-0.39, 0.29) is 11.6 Å². The van der Waals surface area contributed by atoms with Crippen molar-refractivity contribution in [2.75, 3.05) is 0 Å². The molecule has 6 nitrogen and oxygen atoms in total. The molecular weight excluding hydrogens is 258 g/mol. The second-order valence-electron chi connectivity index (χ2n) is 4.99. The highest BCUT2D eigenvalue weighted by molar-refractivity contribution is 5.96. The van der Waals surface area contributed by atoms with Gasteiger partial charge in [-0.3, -0.25) is 14.9 Å². The number of rotatable bonds is 3. The molecule has 1 aromatic carbocycles. The van der Waals surface area contributed by atoms with Crippen molar-refractivity contribution in [2.24, 2.45) is 11.0 Å². The third kappa shape index (κ3) is 3.40. The number of hydrogen-bond donors (Lipinski definition) is 1. The van der Waals surface area contributed by atoms with Crippen LogP contribution >= 0.6 is 0 Å². The second kappa shape index (κ2) is 6.27. The van der Waals surface area contributed by atoms with E-state index in [1.807, 2.05) is 0 Å². The Balaban J connectivity index is 2.01. The molecule has 0 aromatic heterocycles. The van der Waals surface area contributed by atoms with Crippen LogP contribution in [0.5, 0.6) is 0 Å². The summed E-state index contributed by atoms with van der Waals surface area (Å²) in [7, 11) is 0. The predicted molar refractivity (Wildman–Crippen MR) is 75.6 cm³/mol. The lowest BCUT2D eigenvalue weighted by Gasteiger charge is -2.19. The summed E-state index contributed by atoms with van der Waals surface area (Å²) < 4.78 is 0. The van der Waals surface area contributed by atoms with Crippen LogP contribution < -0.4 is 5.43 Å². The Morgan fingerprint density at radius 1 is 1.35 bits per heavy atom. The number of nitrogens with one attached hydrogen (secondary N) is 1. The number of non-ortho nitro benzene ring substituents is 1. The fourth-order valence-electron chi connectivity index (χ4n) is 2.26. The maximum Gasteiger partial charge on any atom is 0.271 e. The van der Waals surface area contributed by atoms with Crippen LogP contribution in [0.4, 0.5) is 5.69 Å². The molecule has 0 spiro atoms. The number of hydrogen-bond acceptors (Lipinski definition) is 4. The van der Waals surface area contributed by atoms with Crippen molar-refractivity contribution in [1.29, 1.82) is 0 Å². The molecule has 106 valence electrons. The molecule has 20 heavy (non-hydrogen) atoms. The first-order valence-electron chi connectivity index (χ1n) is 6.69. The topological polar surface area (TPSA) is 84.6 Å². The summed E-state index contributed by atoms with van der Waals surface area (Å²) in [5, 5.41) is 14.7. The van der Waals surface area contributed by atoms with Gasteiger partial charge < -0.3 is 0 Å². The minimum Gasteiger partial charge on any atom is -0.267 e. The van der Waals surface area contributed by atoms with Crippen LogP contribution in [0.1, 0.15) is 43.0 Å². The van der Waals surface area contributed by atoms with E-state index in [0.717, 1.165) is 25.0 Å². The van der Waals surface area contributed by atoms with Gasteiger partial charge >= 0.3 is 0 Å². The van der Waals surface area contributed by atoms with Gasteiger partial charge in [0.1, 0.15) is 0 Å². The van der Waals surface area contributed by atoms with E-state index in [0.29, 0.717) is 11.5 Å². The first-order valence-corrected chi connectivity index (χ1v) is 6.69. The van der Waals surface area contributed by atoms with Gasteiger partial charge in [0.2, 0.25) is 0 Å². The van der Waals surface area contributed by atoms with E-state index in [4.69, 9.17) is 0 Å². The van der Waals surface area contributed by atoms with Crippen LogP contribution in [0.2, 0.25) is 0 Å². The average Bonchev–Trinajstić information content (AvgIpc) is 2.46. The minimum atomic E-state index is -0.494. The van der Waals surface area contributed by atoms with Crippen molar-refractivity contribution in [3.63, 3.8) is 0 Å². The van der Waals surface area contributed by atoms with Gasteiger partial charge in [0.05, 0.1) is 4.92 Å². The van der Waals surface area contributed by atoms with Gasteiger partial charge in [-0.05, 0) is 37.3 Å². The molecule has 1 aromatic rings. The van der Waals surface area contributed by atoms with Gasteiger partial charge in [0, 0.05) is 23.4 Å². The fourth-order valence-corrected chi connectivity index (χ4v) is 2.26. The summed E-state index contributed by atoms with van der Waals surface area (Å²) in [5.74, 6) is 0.0612. The smallest absolute Gasteiger partial charge is 0.267 e. The molecule has 0 saturated heterocycles. The zero-order valence-electron chi connectivity index (χ0n) is 11.3. The molecule has 1 fully saturated rings. The summed E-state index contributed by atoms with van der Waals surface area (Å²) >= 11 is 0. The first-order chi connectivity index (χ1) is 9.58. The van der Waals surface area contributed by atoms with Gasteiger partial charge in [0.25, 0.3) is 11.6 Å². The van der Waals surface area contributed by atoms with Crippen molar-refractivity contribution < 1.29 is 9.72 Å². The van der Waals surface area contributed by atoms with Crippen LogP contribution in [0.25, 0.3) is 0 Å². The maximum atomic E-state index is 11.9. The molecule has 6 heteroatoms. The van der Waals surface area contributed by atoms with E-state index in [1.165, 1.54) is 30.7 Å². The molecule has 1 aliphatic rings. The zero-order chi connectivity index (χ0) is 14.5. The van der Waals surface area contributed by atoms with Crippen LogP contribution in [0.3, 0.4) is 0 Å². The fraction of sp³-hybridized carbons (Fsp3) is 0.429. The molecule has 0 radical (unpaired) electrons. The van der Waals surface area contributed by atoms with Gasteiger partial charge in [-0.25, -0.2) is 5.43 Å². The summed E-state index contributed by atoms with van der Waals surface area (Å²) in [6, 6.07) is 5.48. The Kier molecular flexibility index (Phi) is 4.45. The van der Waals surface area contributed by atoms with Crippen molar-refractivity contribution >= 4 is 17.3 Å². The highest BCUT2D eigenvalue weighted by Gasteiger charge is 2.16. The number of amides is 1. The number of hydrazone groups is 1. The molecular formula is C14H17N3O3. The second-order valence-corrected chi connectivity index (χ2v) is 4.99. The summed E-state index contributed by atoms with van der Waals surface area (Å²) in [5.41, 5.74) is 3.88. The SMILES string of the molecule is CC1CCCCC1=NNC(=O)c1ccc([N+](=O)[O-])cc1. The van der Waals surface area contributed by atoms with Crippen molar-refractivity contribution in [3.8, 4) is 0 Å². The van der Waals surface area contributed by atoms with E-state index in [2.05, 4.69) is 17.5 Å². The summed E-state index contributed by atoms with van der Waals surface area (Å²) in [4.78, 5) is 21.9. The molecule has 1 saturated carbocycles. The Bertz CT molecular complexity index is 537. The molecule has 0 aliphatic heterocycles. The number of benzene rings is 1. The highest BCUT2D eigenvalue weighted by atomic mass is 16.6. The van der Waals surface area contributed by atoms with Gasteiger partial charge in [0.15, 0.2) is 0 Å². The number of nitro groups is 1. The minimum absolute atomic E-state index is 0.0335. The first kappa shape index (κ1) is 14.2. The van der Waals surface area contributed by atoms with Crippen LogP contribution in [0.15, 0.2) is 29.4 Å². The van der Waals surface area contributed by atoms with Gasteiger partial charge in [-0.2, -0.15) is 5.10 Å². The highest BCUT2D eigenvalue weighted by Crippen LogP contribution is 2.20. The number of nitro benzene ring substituents is 1. The quantitative estimate of drug-likeness (QED) is 0.680. The van der Waals surface area contributed by atoms with Crippen LogP contribution in [0, 0.1) is 16.0 Å². The van der Waals surface area contributed by atoms with E-state index in [9.17, 15) is 14.9 Å². The Morgan fingerprint density at radius 3 is 2.65 bits per heavy atom. The van der Waals surface area contributed by atoms with E-state index < -0.39 is 4.92 Å². The molecule has 1 N–H and O–H groups in total. The predicted octanol–water partition coefficient (Wildman–Crippen LogP) is 2.89. The lowest BCUT2D eigenvalue weighted by molar-refractivity contribution is -0.384.